The van der Waals surface area contributed by atoms with Crippen LogP contribution < -0.4 is 21.7 Å². The standard InChI is InChI=1S/C26H29NO5.2C17H15NO4.C8H15NO2/c1-3-4-9-16-26(2,25(30)31)27-23(28)14-15-24(29)32-17-22-20-12-7-5-10-18(20)19-11-6-8-13-21(19)22;2*19-16(20)9-18-17(21)22-10-15-13-7-3-1-5-11(13)12-6-2-4-8-14(12)15;1-3-4-5-6-8(2,9)7(10)11/h3,5-8,10-13,22H,1,4,9,14-17H2,2H3,(H,27,28)(H,30,31);2*1-8,15H,9-10H2,(H,18,21)(H,19,20);3H,1,4-6,9H2,2H3,(H,10,11)/t26-;;;8-/m1..1/s1. The molecule has 0 saturated carbocycles. The largest absolute Gasteiger partial charge is 0.480 e. The number of alkyl carbamates (subject to hydrolysis) is 2. The number of ether oxygens (including phenoxy) is 3. The summed E-state index contributed by atoms with van der Waals surface area (Å²) in [5.74, 6) is -5.31. The molecule has 0 saturated heterocycles. The van der Waals surface area contributed by atoms with Gasteiger partial charge in [-0.1, -0.05) is 158 Å². The number of carboxylic acid groups (broad SMARTS) is 4. The molecule has 19 heteroatoms. The van der Waals surface area contributed by atoms with Crippen molar-refractivity contribution in [3.8, 4) is 33.4 Å². The number of rotatable bonds is 24. The normalized spacial score (nSPS) is 13.4. The SMILES string of the molecule is C=CCCC[C@@](C)(N)C(=O)O.C=CCCC[C@@](C)(NC(=O)CCC(=O)OCC1c2ccccc2-c2ccccc21)C(=O)O.O=C(O)CNC(=O)OCC1c2ccccc2-c2ccccc21.O=C(O)CNC(=O)OCC1c2ccccc2-c2ccccc21. The fourth-order valence-corrected chi connectivity index (χ4v) is 10.4. The third kappa shape index (κ3) is 18.3. The Labute approximate surface area is 505 Å². The molecule has 0 fully saturated rings. The Bertz CT molecular complexity index is 3190. The van der Waals surface area contributed by atoms with Gasteiger partial charge in [-0.15, -0.1) is 13.2 Å². The highest BCUT2D eigenvalue weighted by molar-refractivity contribution is 5.88. The van der Waals surface area contributed by atoms with E-state index in [0.29, 0.717) is 19.3 Å². The third-order valence-corrected chi connectivity index (χ3v) is 15.0. The molecule has 87 heavy (non-hydrogen) atoms. The molecule has 0 aliphatic heterocycles. The highest BCUT2D eigenvalue weighted by atomic mass is 16.6. The summed E-state index contributed by atoms with van der Waals surface area (Å²) in [7, 11) is 0. The fourth-order valence-electron chi connectivity index (χ4n) is 10.4. The van der Waals surface area contributed by atoms with Crippen molar-refractivity contribution in [2.45, 2.75) is 94.0 Å². The lowest BCUT2D eigenvalue weighted by molar-refractivity contribution is -0.148. The lowest BCUT2D eigenvalue weighted by atomic mass is 9.94. The summed E-state index contributed by atoms with van der Waals surface area (Å²) in [6.07, 6.45) is 5.44. The predicted molar refractivity (Wildman–Crippen MR) is 328 cm³/mol. The van der Waals surface area contributed by atoms with Gasteiger partial charge >= 0.3 is 42.0 Å². The minimum absolute atomic E-state index is 0.0250. The first kappa shape index (κ1) is 66.3. The van der Waals surface area contributed by atoms with Gasteiger partial charge in [-0.25, -0.2) is 14.4 Å². The maximum atomic E-state index is 12.3. The van der Waals surface area contributed by atoms with E-state index < -0.39 is 72.1 Å². The van der Waals surface area contributed by atoms with Crippen LogP contribution >= 0.6 is 0 Å². The molecule has 6 aromatic rings. The number of fused-ring (bicyclic) bond motifs is 9. The van der Waals surface area contributed by atoms with Crippen LogP contribution in [0.15, 0.2) is 171 Å². The molecule has 0 unspecified atom stereocenters. The van der Waals surface area contributed by atoms with Crippen molar-refractivity contribution in [1.29, 1.82) is 0 Å². The Morgan fingerprint density at radius 2 is 0.782 bits per heavy atom. The summed E-state index contributed by atoms with van der Waals surface area (Å²) in [5, 5.41) is 42.1. The maximum absolute atomic E-state index is 12.3. The van der Waals surface area contributed by atoms with Gasteiger partial charge in [-0.3, -0.25) is 24.0 Å². The first-order valence-corrected chi connectivity index (χ1v) is 28.4. The van der Waals surface area contributed by atoms with Crippen LogP contribution in [0.3, 0.4) is 0 Å². The number of unbranched alkanes of at least 4 members (excludes halogenated alkanes) is 2. The quantitative estimate of drug-likeness (QED) is 0.0121. The van der Waals surface area contributed by atoms with Gasteiger partial charge in [-0.05, 0) is 119 Å². The summed E-state index contributed by atoms with van der Waals surface area (Å²) < 4.78 is 15.9. The zero-order valence-electron chi connectivity index (χ0n) is 48.7. The highest BCUT2D eigenvalue weighted by Gasteiger charge is 2.35. The topological polar surface area (TPSA) is 307 Å². The van der Waals surface area contributed by atoms with Crippen molar-refractivity contribution in [2.75, 3.05) is 32.9 Å². The highest BCUT2D eigenvalue weighted by Crippen LogP contribution is 2.47. The number of carbonyl (C=O) groups excluding carboxylic acids is 4. The van der Waals surface area contributed by atoms with Gasteiger partial charge in [0.05, 0.1) is 6.42 Å². The summed E-state index contributed by atoms with van der Waals surface area (Å²) in [4.78, 5) is 90.6. The number of nitrogens with two attached hydrogens (primary N) is 1. The molecule has 0 spiro atoms. The molecule has 0 aromatic heterocycles. The summed E-state index contributed by atoms with van der Waals surface area (Å²) in [6.45, 7) is 9.82. The van der Waals surface area contributed by atoms with Crippen LogP contribution in [0.1, 0.15) is 116 Å². The molecule has 6 aromatic carbocycles. The number of nitrogens with one attached hydrogen (secondary N) is 3. The number of hydrogen-bond donors (Lipinski definition) is 8. The van der Waals surface area contributed by atoms with Gasteiger partial charge in [0.1, 0.15) is 44.0 Å². The smallest absolute Gasteiger partial charge is 0.407 e. The number of carbonyl (C=O) groups is 8. The van der Waals surface area contributed by atoms with Crippen LogP contribution in [-0.4, -0.2) is 112 Å². The van der Waals surface area contributed by atoms with Gasteiger partial charge in [0, 0.05) is 24.2 Å². The van der Waals surface area contributed by atoms with E-state index in [4.69, 9.17) is 35.3 Å². The second kappa shape index (κ2) is 31.9. The first-order valence-electron chi connectivity index (χ1n) is 28.4. The average Bonchev–Trinajstić information content (AvgIpc) is 1.70. The molecule has 9 rings (SSSR count). The molecule has 2 atom stereocenters. The van der Waals surface area contributed by atoms with E-state index in [-0.39, 0.29) is 56.8 Å². The number of allylic oxidation sites excluding steroid dienone is 2. The number of esters is 1. The lowest BCUT2D eigenvalue weighted by Gasteiger charge is -2.26. The Morgan fingerprint density at radius 3 is 1.08 bits per heavy atom. The van der Waals surface area contributed by atoms with E-state index in [0.717, 1.165) is 79.6 Å². The van der Waals surface area contributed by atoms with Gasteiger partial charge < -0.3 is 56.3 Å². The van der Waals surface area contributed by atoms with E-state index in [1.54, 1.807) is 12.2 Å². The number of benzene rings is 6. The van der Waals surface area contributed by atoms with Crippen molar-refractivity contribution in [1.82, 2.24) is 16.0 Å². The summed E-state index contributed by atoms with van der Waals surface area (Å²) in [5.41, 5.74) is 16.6. The number of amides is 3. The Morgan fingerprint density at radius 1 is 0.471 bits per heavy atom. The van der Waals surface area contributed by atoms with Crippen molar-refractivity contribution in [3.05, 3.63) is 204 Å². The third-order valence-electron chi connectivity index (χ3n) is 15.0. The van der Waals surface area contributed by atoms with Crippen molar-refractivity contribution >= 4 is 47.9 Å². The lowest BCUT2D eigenvalue weighted by Crippen LogP contribution is -2.52. The zero-order valence-corrected chi connectivity index (χ0v) is 48.7. The summed E-state index contributed by atoms with van der Waals surface area (Å²) >= 11 is 0. The minimum Gasteiger partial charge on any atom is -0.480 e. The van der Waals surface area contributed by atoms with E-state index in [2.05, 4.69) is 65.5 Å². The molecule has 9 N–H and O–H groups in total. The predicted octanol–water partition coefficient (Wildman–Crippen LogP) is 10.8. The van der Waals surface area contributed by atoms with Crippen LogP contribution in [0.2, 0.25) is 0 Å². The molecule has 0 radical (unpaired) electrons. The van der Waals surface area contributed by atoms with Crippen LogP contribution in [-0.2, 0) is 43.0 Å². The van der Waals surface area contributed by atoms with E-state index in [1.165, 1.54) is 13.8 Å². The second-order valence-electron chi connectivity index (χ2n) is 21.3. The molecule has 3 aliphatic carbocycles. The monoisotopic (exact) mass is 1190 g/mol. The molecule has 456 valence electrons. The van der Waals surface area contributed by atoms with Gasteiger partial charge in [0.15, 0.2) is 0 Å². The van der Waals surface area contributed by atoms with Crippen molar-refractivity contribution in [2.24, 2.45) is 5.73 Å². The Kier molecular flexibility index (Phi) is 24.3. The molecule has 3 amide bonds. The molecular weight excluding hydrogens is 1110 g/mol. The Hall–Kier alpha value is -9.88. The van der Waals surface area contributed by atoms with Crippen LogP contribution in [0.4, 0.5) is 9.59 Å². The average molecular weight is 1190 g/mol. The molecule has 0 bridgehead atoms. The maximum Gasteiger partial charge on any atom is 0.407 e. The van der Waals surface area contributed by atoms with Gasteiger partial charge in [0.25, 0.3) is 0 Å². The fraction of sp³-hybridized carbons (Fsp3) is 0.294. The minimum atomic E-state index is -1.37. The molecule has 0 heterocycles. The number of hydrogen-bond acceptors (Lipinski definition) is 12. The van der Waals surface area contributed by atoms with Gasteiger partial charge in [-0.2, -0.15) is 0 Å². The van der Waals surface area contributed by atoms with Crippen LogP contribution in [0.25, 0.3) is 33.4 Å². The Balaban J connectivity index is 0.000000196. The second-order valence-corrected chi connectivity index (χ2v) is 21.3. The summed E-state index contributed by atoms with van der Waals surface area (Å²) in [6, 6.07) is 48.2. The molecule has 3 aliphatic rings. The van der Waals surface area contributed by atoms with Crippen molar-refractivity contribution < 1.29 is 73.0 Å². The van der Waals surface area contributed by atoms with E-state index in [1.807, 2.05) is 109 Å². The number of carboxylic acids is 4. The number of aliphatic carboxylic acids is 4. The molecular formula is C68H74N4O15. The zero-order chi connectivity index (χ0) is 63.1. The van der Waals surface area contributed by atoms with Gasteiger partial charge in [0.2, 0.25) is 5.91 Å². The van der Waals surface area contributed by atoms with Crippen LogP contribution in [0.5, 0.6) is 0 Å². The van der Waals surface area contributed by atoms with Crippen molar-refractivity contribution in [3.63, 3.8) is 0 Å². The first-order chi connectivity index (χ1) is 41.7. The molecule has 19 nitrogen and oxygen atoms in total. The van der Waals surface area contributed by atoms with Crippen LogP contribution in [0, 0.1) is 0 Å². The van der Waals surface area contributed by atoms with E-state index in [9.17, 15) is 43.5 Å². The van der Waals surface area contributed by atoms with E-state index >= 15 is 0 Å².